The van der Waals surface area contributed by atoms with Gasteiger partial charge in [-0.25, -0.2) is 9.37 Å². The van der Waals surface area contributed by atoms with Gasteiger partial charge in [-0.2, -0.15) is 0 Å². The van der Waals surface area contributed by atoms with E-state index in [1.165, 1.54) is 7.11 Å². The van der Waals surface area contributed by atoms with Gasteiger partial charge in [-0.15, -0.1) is 0 Å². The Morgan fingerprint density at radius 1 is 1.15 bits per heavy atom. The molecule has 34 heavy (non-hydrogen) atoms. The van der Waals surface area contributed by atoms with E-state index in [1.54, 1.807) is 19.2 Å². The summed E-state index contributed by atoms with van der Waals surface area (Å²) in [5.41, 5.74) is 3.95. The number of nitrogens with zero attached hydrogens (tertiary/aromatic N) is 2. The number of aromatic nitrogens is 2. The molecule has 1 N–H and O–H groups in total. The van der Waals surface area contributed by atoms with Crippen molar-refractivity contribution < 1.29 is 23.8 Å². The molecule has 1 aromatic carbocycles. The second-order valence-electron chi connectivity index (χ2n) is 9.18. The van der Waals surface area contributed by atoms with Crippen LogP contribution in [0.5, 0.6) is 11.6 Å². The minimum absolute atomic E-state index is 0.00330. The maximum Gasteiger partial charge on any atom is 0.306 e. The van der Waals surface area contributed by atoms with Gasteiger partial charge in [0.05, 0.1) is 24.9 Å². The fourth-order valence-electron chi connectivity index (χ4n) is 4.89. The zero-order valence-electron chi connectivity index (χ0n) is 19.2. The second-order valence-corrected chi connectivity index (χ2v) is 9.18. The Kier molecular flexibility index (Phi) is 5.94. The van der Waals surface area contributed by atoms with Crippen LogP contribution in [0.15, 0.2) is 48.8 Å². The fraction of sp³-hybridized carbons (Fsp3) is 0.370. The van der Waals surface area contributed by atoms with Crippen LogP contribution in [-0.4, -0.2) is 28.2 Å². The standard InChI is InChI=1S/C27H27FN2O4/c1-15(27(31)32)26(17-4-5-17)18-6-3-16-8-10-23(34-24(16)11-18)22-9-7-19(13-29-22)20-12-25(33-2)30-14-21(20)28/h3,6-7,9,11-15,17,23,26H,4-5,8,10H2,1-2H3,(H,31,32)/t15-,23?,26?/m0/s1. The fourth-order valence-corrected chi connectivity index (χ4v) is 4.89. The first kappa shape index (κ1) is 22.3. The molecule has 2 unspecified atom stereocenters. The zero-order valence-corrected chi connectivity index (χ0v) is 19.2. The van der Waals surface area contributed by atoms with Crippen LogP contribution < -0.4 is 9.47 Å². The summed E-state index contributed by atoms with van der Waals surface area (Å²) in [6, 6.07) is 11.4. The number of halogens is 1. The molecule has 7 heteroatoms. The third-order valence-corrected chi connectivity index (χ3v) is 6.95. The van der Waals surface area contributed by atoms with Gasteiger partial charge in [0, 0.05) is 23.4 Å². The minimum Gasteiger partial charge on any atom is -0.484 e. The summed E-state index contributed by atoms with van der Waals surface area (Å²) in [5.74, 6) is -0.0850. The van der Waals surface area contributed by atoms with Crippen LogP contribution in [0.2, 0.25) is 0 Å². The van der Waals surface area contributed by atoms with Crippen LogP contribution in [0.25, 0.3) is 11.1 Å². The van der Waals surface area contributed by atoms with Gasteiger partial charge in [0.2, 0.25) is 5.88 Å². The molecule has 2 aromatic heterocycles. The number of benzene rings is 1. The van der Waals surface area contributed by atoms with Crippen molar-refractivity contribution in [2.75, 3.05) is 7.11 Å². The predicted octanol–water partition coefficient (Wildman–Crippen LogP) is 5.57. The Hall–Kier alpha value is -3.48. The Balaban J connectivity index is 1.37. The largest absolute Gasteiger partial charge is 0.484 e. The highest BCUT2D eigenvalue weighted by atomic mass is 19.1. The molecular weight excluding hydrogens is 435 g/mol. The van der Waals surface area contributed by atoms with Gasteiger partial charge in [0.25, 0.3) is 0 Å². The van der Waals surface area contributed by atoms with E-state index in [9.17, 15) is 14.3 Å². The first-order valence-electron chi connectivity index (χ1n) is 11.6. The number of hydrogen-bond acceptors (Lipinski definition) is 5. The number of ether oxygens (including phenoxy) is 2. The lowest BCUT2D eigenvalue weighted by Gasteiger charge is -2.28. The highest BCUT2D eigenvalue weighted by Gasteiger charge is 2.39. The second kappa shape index (κ2) is 9.05. The third-order valence-electron chi connectivity index (χ3n) is 6.95. The highest BCUT2D eigenvalue weighted by Crippen LogP contribution is 2.48. The Morgan fingerprint density at radius 3 is 2.65 bits per heavy atom. The number of aliphatic carboxylic acids is 1. The molecule has 6 nitrogen and oxygen atoms in total. The van der Waals surface area contributed by atoms with Crippen molar-refractivity contribution in [3.8, 4) is 22.8 Å². The van der Waals surface area contributed by atoms with Gasteiger partial charge < -0.3 is 14.6 Å². The van der Waals surface area contributed by atoms with Crippen LogP contribution in [-0.2, 0) is 11.2 Å². The van der Waals surface area contributed by atoms with Crippen LogP contribution in [0.4, 0.5) is 4.39 Å². The van der Waals surface area contributed by atoms with Crippen molar-refractivity contribution in [1.29, 1.82) is 0 Å². The van der Waals surface area contributed by atoms with Gasteiger partial charge in [-0.3, -0.25) is 9.78 Å². The van der Waals surface area contributed by atoms with Crippen LogP contribution in [0.1, 0.15) is 55.0 Å². The molecule has 176 valence electrons. The van der Waals surface area contributed by atoms with E-state index >= 15 is 0 Å². The van der Waals surface area contributed by atoms with E-state index in [1.807, 2.05) is 18.2 Å². The molecule has 0 bridgehead atoms. The number of rotatable bonds is 7. The molecular formula is C27H27FN2O4. The average molecular weight is 463 g/mol. The molecule has 5 rings (SSSR count). The number of hydrogen-bond donors (Lipinski definition) is 1. The minimum atomic E-state index is -0.763. The summed E-state index contributed by atoms with van der Waals surface area (Å²) in [6.45, 7) is 1.79. The molecule has 0 radical (unpaired) electrons. The first-order valence-corrected chi connectivity index (χ1v) is 11.6. The van der Waals surface area contributed by atoms with Crippen molar-refractivity contribution in [2.45, 2.75) is 44.6 Å². The molecule has 3 atom stereocenters. The number of carboxylic acids is 1. The Bertz CT molecular complexity index is 1210. The summed E-state index contributed by atoms with van der Waals surface area (Å²) in [4.78, 5) is 20.1. The van der Waals surface area contributed by atoms with Crippen molar-refractivity contribution >= 4 is 5.97 Å². The molecule has 1 saturated carbocycles. The Labute approximate surface area is 197 Å². The Morgan fingerprint density at radius 2 is 1.97 bits per heavy atom. The van der Waals surface area contributed by atoms with Gasteiger partial charge in [0.15, 0.2) is 0 Å². The summed E-state index contributed by atoms with van der Waals surface area (Å²) in [7, 11) is 1.49. The maximum atomic E-state index is 14.3. The molecule has 0 amide bonds. The molecule has 1 aliphatic heterocycles. The zero-order chi connectivity index (χ0) is 23.8. The summed E-state index contributed by atoms with van der Waals surface area (Å²) in [6.07, 6.45) is 6.34. The van der Waals surface area contributed by atoms with E-state index in [4.69, 9.17) is 9.47 Å². The summed E-state index contributed by atoms with van der Waals surface area (Å²) >= 11 is 0. The molecule has 0 saturated heterocycles. The van der Waals surface area contributed by atoms with Gasteiger partial charge in [-0.05, 0) is 60.8 Å². The smallest absolute Gasteiger partial charge is 0.306 e. The molecule has 1 aliphatic carbocycles. The van der Waals surface area contributed by atoms with Crippen molar-refractivity contribution in [3.05, 3.63) is 71.4 Å². The van der Waals surface area contributed by atoms with Crippen molar-refractivity contribution in [1.82, 2.24) is 9.97 Å². The van der Waals surface area contributed by atoms with Crippen molar-refractivity contribution in [3.63, 3.8) is 0 Å². The average Bonchev–Trinajstić information content (AvgIpc) is 3.69. The lowest BCUT2D eigenvalue weighted by Crippen LogP contribution is -2.21. The van der Waals surface area contributed by atoms with E-state index < -0.39 is 17.7 Å². The molecule has 2 aliphatic rings. The van der Waals surface area contributed by atoms with E-state index in [2.05, 4.69) is 22.1 Å². The van der Waals surface area contributed by atoms with Gasteiger partial charge in [-0.1, -0.05) is 25.1 Å². The lowest BCUT2D eigenvalue weighted by molar-refractivity contribution is -0.142. The number of aryl methyl sites for hydroxylation is 1. The first-order chi connectivity index (χ1) is 16.4. The van der Waals surface area contributed by atoms with Crippen molar-refractivity contribution in [2.24, 2.45) is 11.8 Å². The number of carboxylic acid groups (broad SMARTS) is 1. The number of methoxy groups -OCH3 is 1. The summed E-state index contributed by atoms with van der Waals surface area (Å²) < 4.78 is 25.7. The molecule has 1 fully saturated rings. The van der Waals surface area contributed by atoms with E-state index in [0.29, 0.717) is 22.9 Å². The third kappa shape index (κ3) is 4.34. The molecule has 3 heterocycles. The number of pyridine rings is 2. The van der Waals surface area contributed by atoms with E-state index in [0.717, 1.165) is 54.5 Å². The number of carbonyl (C=O) groups is 1. The topological polar surface area (TPSA) is 81.5 Å². The van der Waals surface area contributed by atoms with Gasteiger partial charge >= 0.3 is 5.97 Å². The summed E-state index contributed by atoms with van der Waals surface area (Å²) in [5, 5.41) is 9.60. The lowest BCUT2D eigenvalue weighted by atomic mass is 9.82. The van der Waals surface area contributed by atoms with Crippen LogP contribution in [0.3, 0.4) is 0 Å². The molecule has 0 spiro atoms. The highest BCUT2D eigenvalue weighted by molar-refractivity contribution is 5.71. The van der Waals surface area contributed by atoms with Crippen LogP contribution in [0, 0.1) is 17.7 Å². The quantitative estimate of drug-likeness (QED) is 0.494. The van der Waals surface area contributed by atoms with E-state index in [-0.39, 0.29) is 12.0 Å². The number of fused-ring (bicyclic) bond motifs is 1. The normalized spacial score (nSPS) is 19.0. The predicted molar refractivity (Wildman–Crippen MR) is 124 cm³/mol. The SMILES string of the molecule is COc1cc(-c2ccc(C3CCc4ccc(C(C5CC5)[C@H](C)C(=O)O)cc4O3)nc2)c(F)cn1. The maximum absolute atomic E-state index is 14.3. The molecule has 3 aromatic rings. The van der Waals surface area contributed by atoms with Crippen LogP contribution >= 0.6 is 0 Å². The van der Waals surface area contributed by atoms with Gasteiger partial charge in [0.1, 0.15) is 17.7 Å². The monoisotopic (exact) mass is 462 g/mol.